The molecule has 1 aromatic heterocycles. The van der Waals surface area contributed by atoms with Gasteiger partial charge in [-0.25, -0.2) is 18.1 Å². The van der Waals surface area contributed by atoms with Crippen LogP contribution in [0.4, 0.5) is 5.82 Å². The van der Waals surface area contributed by atoms with Gasteiger partial charge in [0.1, 0.15) is 5.82 Å². The number of nitrogens with one attached hydrogen (secondary N) is 2. The summed E-state index contributed by atoms with van der Waals surface area (Å²) in [6.07, 6.45) is 4.16. The van der Waals surface area contributed by atoms with Crippen LogP contribution in [0.15, 0.2) is 35.4 Å². The topological polar surface area (TPSA) is 91.4 Å². The maximum absolute atomic E-state index is 12.6. The molecule has 1 aliphatic heterocycles. The SMILES string of the molecule is CNS(=O)(=O)c1cc(C(=O)NCc2ccc(N3CCCC3)nc2)cc(C)c1C. The Labute approximate surface area is 166 Å². The lowest BCUT2D eigenvalue weighted by atomic mass is 10.1. The van der Waals surface area contributed by atoms with E-state index in [1.807, 2.05) is 12.1 Å². The maximum atomic E-state index is 12.6. The fourth-order valence-corrected chi connectivity index (χ4v) is 4.35. The van der Waals surface area contributed by atoms with Gasteiger partial charge in [-0.05, 0) is 68.6 Å². The Hall–Kier alpha value is -2.45. The van der Waals surface area contributed by atoms with Crippen LogP contribution in [0.5, 0.6) is 0 Å². The molecule has 1 saturated heterocycles. The second-order valence-electron chi connectivity index (χ2n) is 7.03. The van der Waals surface area contributed by atoms with E-state index in [4.69, 9.17) is 0 Å². The standard InChI is InChI=1S/C20H26N4O3S/c1-14-10-17(11-18(15(14)2)28(26,27)21-3)20(25)23-13-16-6-7-19(22-12-16)24-8-4-5-9-24/h6-7,10-12,21H,4-5,8-9,13H2,1-3H3,(H,23,25). The third-order valence-electron chi connectivity index (χ3n) is 5.13. The molecule has 0 atom stereocenters. The summed E-state index contributed by atoms with van der Waals surface area (Å²) in [5.41, 5.74) is 2.59. The van der Waals surface area contributed by atoms with Crippen molar-refractivity contribution in [2.75, 3.05) is 25.0 Å². The second kappa shape index (κ2) is 8.28. The zero-order chi connectivity index (χ0) is 20.3. The van der Waals surface area contributed by atoms with Crippen LogP contribution in [0, 0.1) is 13.8 Å². The molecular weight excluding hydrogens is 376 g/mol. The van der Waals surface area contributed by atoms with Crippen molar-refractivity contribution in [3.05, 3.63) is 52.7 Å². The van der Waals surface area contributed by atoms with Gasteiger partial charge in [-0.3, -0.25) is 4.79 Å². The van der Waals surface area contributed by atoms with Gasteiger partial charge in [0, 0.05) is 31.4 Å². The lowest BCUT2D eigenvalue weighted by molar-refractivity contribution is 0.0950. The van der Waals surface area contributed by atoms with Crippen LogP contribution in [0.1, 0.15) is 39.9 Å². The first-order valence-corrected chi connectivity index (χ1v) is 10.8. The highest BCUT2D eigenvalue weighted by Crippen LogP contribution is 2.21. The Morgan fingerprint density at radius 3 is 2.50 bits per heavy atom. The summed E-state index contributed by atoms with van der Waals surface area (Å²) in [6, 6.07) is 7.05. The number of anilines is 1. The number of sulfonamides is 1. The van der Waals surface area contributed by atoms with Crippen molar-refractivity contribution in [1.82, 2.24) is 15.0 Å². The summed E-state index contributed by atoms with van der Waals surface area (Å²) >= 11 is 0. The molecule has 8 heteroatoms. The minimum atomic E-state index is -3.63. The Kier molecular flexibility index (Phi) is 6.00. The number of rotatable bonds is 6. The van der Waals surface area contributed by atoms with Gasteiger partial charge in [-0.15, -0.1) is 0 Å². The molecule has 28 heavy (non-hydrogen) atoms. The molecule has 150 valence electrons. The van der Waals surface area contributed by atoms with E-state index in [1.54, 1.807) is 26.1 Å². The van der Waals surface area contributed by atoms with Crippen molar-refractivity contribution in [2.24, 2.45) is 0 Å². The quantitative estimate of drug-likeness (QED) is 0.772. The predicted molar refractivity (Wildman–Crippen MR) is 109 cm³/mol. The molecule has 1 fully saturated rings. The molecule has 0 saturated carbocycles. The first kappa shape index (κ1) is 20.3. The minimum Gasteiger partial charge on any atom is -0.357 e. The molecule has 3 rings (SSSR count). The summed E-state index contributed by atoms with van der Waals surface area (Å²) in [5, 5.41) is 2.84. The highest BCUT2D eigenvalue weighted by Gasteiger charge is 2.19. The van der Waals surface area contributed by atoms with Gasteiger partial charge < -0.3 is 10.2 Å². The number of carbonyl (C=O) groups is 1. The van der Waals surface area contributed by atoms with E-state index in [0.717, 1.165) is 30.0 Å². The Morgan fingerprint density at radius 1 is 1.18 bits per heavy atom. The van der Waals surface area contributed by atoms with Crippen molar-refractivity contribution in [3.63, 3.8) is 0 Å². The summed E-state index contributed by atoms with van der Waals surface area (Å²) in [5.74, 6) is 0.642. The van der Waals surface area contributed by atoms with E-state index in [1.165, 1.54) is 26.0 Å². The lowest BCUT2D eigenvalue weighted by Crippen LogP contribution is -2.25. The van der Waals surface area contributed by atoms with Gasteiger partial charge >= 0.3 is 0 Å². The van der Waals surface area contributed by atoms with Gasteiger partial charge in [-0.1, -0.05) is 6.07 Å². The number of amides is 1. The number of aromatic nitrogens is 1. The highest BCUT2D eigenvalue weighted by atomic mass is 32.2. The molecule has 1 amide bonds. The largest absolute Gasteiger partial charge is 0.357 e. The summed E-state index contributed by atoms with van der Waals surface area (Å²) in [6.45, 7) is 5.92. The molecule has 0 aliphatic carbocycles. The third-order valence-corrected chi connectivity index (χ3v) is 6.67. The summed E-state index contributed by atoms with van der Waals surface area (Å²) in [7, 11) is -2.28. The molecular formula is C20H26N4O3S. The molecule has 0 unspecified atom stereocenters. The van der Waals surface area contributed by atoms with Gasteiger partial charge in [0.2, 0.25) is 10.0 Å². The van der Waals surface area contributed by atoms with Crippen LogP contribution in [-0.4, -0.2) is 39.4 Å². The average Bonchev–Trinajstić information content (AvgIpc) is 3.23. The Balaban J connectivity index is 1.71. The number of hydrogen-bond acceptors (Lipinski definition) is 5. The van der Waals surface area contributed by atoms with E-state index in [-0.39, 0.29) is 10.8 Å². The van der Waals surface area contributed by atoms with Crippen LogP contribution < -0.4 is 14.9 Å². The van der Waals surface area contributed by atoms with Crippen LogP contribution in [0.25, 0.3) is 0 Å². The number of hydrogen-bond donors (Lipinski definition) is 2. The van der Waals surface area contributed by atoms with E-state index < -0.39 is 10.0 Å². The number of pyridine rings is 1. The minimum absolute atomic E-state index is 0.122. The van der Waals surface area contributed by atoms with Crippen molar-refractivity contribution in [2.45, 2.75) is 38.1 Å². The van der Waals surface area contributed by atoms with Crippen molar-refractivity contribution in [1.29, 1.82) is 0 Å². The van der Waals surface area contributed by atoms with E-state index in [2.05, 4.69) is 19.9 Å². The van der Waals surface area contributed by atoms with E-state index in [0.29, 0.717) is 17.7 Å². The maximum Gasteiger partial charge on any atom is 0.251 e. The first-order valence-electron chi connectivity index (χ1n) is 9.34. The van der Waals surface area contributed by atoms with Crippen LogP contribution in [0.3, 0.4) is 0 Å². The lowest BCUT2D eigenvalue weighted by Gasteiger charge is -2.16. The second-order valence-corrected chi connectivity index (χ2v) is 8.88. The van der Waals surface area contributed by atoms with Crippen molar-refractivity contribution in [3.8, 4) is 0 Å². The zero-order valence-electron chi connectivity index (χ0n) is 16.4. The smallest absolute Gasteiger partial charge is 0.251 e. The Bertz CT molecular complexity index is 966. The molecule has 0 radical (unpaired) electrons. The van der Waals surface area contributed by atoms with Crippen molar-refractivity contribution < 1.29 is 13.2 Å². The highest BCUT2D eigenvalue weighted by molar-refractivity contribution is 7.89. The number of nitrogens with zero attached hydrogens (tertiary/aromatic N) is 2. The van der Waals surface area contributed by atoms with Crippen LogP contribution in [-0.2, 0) is 16.6 Å². The fourth-order valence-electron chi connectivity index (χ4n) is 3.29. The van der Waals surface area contributed by atoms with E-state index in [9.17, 15) is 13.2 Å². The van der Waals surface area contributed by atoms with Crippen LogP contribution in [0.2, 0.25) is 0 Å². The summed E-state index contributed by atoms with van der Waals surface area (Å²) in [4.78, 5) is 19.4. The number of carbonyl (C=O) groups excluding carboxylic acids is 1. The fraction of sp³-hybridized carbons (Fsp3) is 0.400. The third kappa shape index (κ3) is 4.34. The first-order chi connectivity index (χ1) is 13.3. The number of aryl methyl sites for hydroxylation is 1. The van der Waals surface area contributed by atoms with Gasteiger partial charge in [-0.2, -0.15) is 0 Å². The van der Waals surface area contributed by atoms with Gasteiger partial charge in [0.05, 0.1) is 4.90 Å². The monoisotopic (exact) mass is 402 g/mol. The molecule has 1 aromatic carbocycles. The van der Waals surface area contributed by atoms with Gasteiger partial charge in [0.25, 0.3) is 5.91 Å². The molecule has 2 heterocycles. The van der Waals surface area contributed by atoms with E-state index >= 15 is 0 Å². The van der Waals surface area contributed by atoms with Gasteiger partial charge in [0.15, 0.2) is 0 Å². The van der Waals surface area contributed by atoms with Crippen molar-refractivity contribution >= 4 is 21.7 Å². The molecule has 2 N–H and O–H groups in total. The Morgan fingerprint density at radius 2 is 1.89 bits per heavy atom. The number of benzene rings is 1. The molecule has 2 aromatic rings. The zero-order valence-corrected chi connectivity index (χ0v) is 17.3. The predicted octanol–water partition coefficient (Wildman–Crippen LogP) is 2.14. The molecule has 1 aliphatic rings. The normalized spacial score (nSPS) is 14.3. The molecule has 0 bridgehead atoms. The van der Waals surface area contributed by atoms with Crippen LogP contribution >= 0.6 is 0 Å². The molecule has 7 nitrogen and oxygen atoms in total. The molecule has 0 spiro atoms. The average molecular weight is 403 g/mol. The summed E-state index contributed by atoms with van der Waals surface area (Å²) < 4.78 is 26.7.